The van der Waals surface area contributed by atoms with E-state index in [4.69, 9.17) is 0 Å². The lowest BCUT2D eigenvalue weighted by Gasteiger charge is -1.99. The fraction of sp³-hybridized carbons (Fsp3) is 0.0909. The second kappa shape index (κ2) is 3.10. The molecule has 2 aromatic rings. The molecule has 1 aromatic carbocycles. The van der Waals surface area contributed by atoms with Crippen molar-refractivity contribution in [3.05, 3.63) is 42.6 Å². The molecule has 0 radical (unpaired) electrons. The lowest BCUT2D eigenvalue weighted by Crippen LogP contribution is -2.12. The Hall–Kier alpha value is -1.90. The standard InChI is InChI=1S/C11H10N2O/c1-8(2)11(14)13-10-6-4-3-5-9(10)7-12-13/h3-7H,1H2,2H3. The van der Waals surface area contributed by atoms with Gasteiger partial charge in [0.25, 0.3) is 5.91 Å². The molecule has 0 fully saturated rings. The Balaban J connectivity index is 2.64. The van der Waals surface area contributed by atoms with Crippen molar-refractivity contribution < 1.29 is 4.79 Å². The summed E-state index contributed by atoms with van der Waals surface area (Å²) in [5, 5.41) is 4.98. The van der Waals surface area contributed by atoms with Gasteiger partial charge in [-0.3, -0.25) is 4.79 Å². The second-order valence-corrected chi connectivity index (χ2v) is 3.20. The van der Waals surface area contributed by atoms with Crippen LogP contribution in [0.2, 0.25) is 0 Å². The summed E-state index contributed by atoms with van der Waals surface area (Å²) in [4.78, 5) is 11.6. The van der Waals surface area contributed by atoms with Crippen LogP contribution in [0.4, 0.5) is 0 Å². The highest BCUT2D eigenvalue weighted by molar-refractivity contribution is 5.99. The number of fused-ring (bicyclic) bond motifs is 1. The van der Waals surface area contributed by atoms with E-state index in [0.717, 1.165) is 10.9 Å². The Morgan fingerprint density at radius 1 is 1.43 bits per heavy atom. The minimum atomic E-state index is -0.161. The van der Waals surface area contributed by atoms with E-state index in [1.807, 2.05) is 24.3 Å². The first-order chi connectivity index (χ1) is 6.70. The molecule has 3 nitrogen and oxygen atoms in total. The van der Waals surface area contributed by atoms with Gasteiger partial charge in [0.05, 0.1) is 11.7 Å². The number of carbonyl (C=O) groups excluding carboxylic acids is 1. The number of allylic oxidation sites excluding steroid dienone is 1. The van der Waals surface area contributed by atoms with E-state index >= 15 is 0 Å². The minimum absolute atomic E-state index is 0.161. The number of hydrogen-bond acceptors (Lipinski definition) is 2. The fourth-order valence-electron chi connectivity index (χ4n) is 1.31. The van der Waals surface area contributed by atoms with E-state index in [9.17, 15) is 4.79 Å². The minimum Gasteiger partial charge on any atom is -0.267 e. The Morgan fingerprint density at radius 3 is 2.86 bits per heavy atom. The number of hydrogen-bond donors (Lipinski definition) is 0. The quantitative estimate of drug-likeness (QED) is 0.640. The maximum atomic E-state index is 11.6. The largest absolute Gasteiger partial charge is 0.273 e. The maximum absolute atomic E-state index is 11.6. The first kappa shape index (κ1) is 8.69. The zero-order valence-electron chi connectivity index (χ0n) is 7.90. The molecule has 0 spiro atoms. The number of para-hydroxylation sites is 1. The van der Waals surface area contributed by atoms with Gasteiger partial charge in [-0.05, 0) is 13.0 Å². The molecule has 0 aliphatic carbocycles. The fourth-order valence-corrected chi connectivity index (χ4v) is 1.31. The van der Waals surface area contributed by atoms with Gasteiger partial charge in [-0.25, -0.2) is 0 Å². The van der Waals surface area contributed by atoms with Crippen LogP contribution in [0.5, 0.6) is 0 Å². The Morgan fingerprint density at radius 2 is 2.14 bits per heavy atom. The number of benzene rings is 1. The average Bonchev–Trinajstić information content (AvgIpc) is 2.60. The number of carbonyl (C=O) groups is 1. The van der Waals surface area contributed by atoms with Crippen molar-refractivity contribution in [2.24, 2.45) is 0 Å². The van der Waals surface area contributed by atoms with Gasteiger partial charge >= 0.3 is 0 Å². The van der Waals surface area contributed by atoms with Crippen molar-refractivity contribution in [3.63, 3.8) is 0 Å². The van der Waals surface area contributed by atoms with Crippen molar-refractivity contribution in [2.45, 2.75) is 6.92 Å². The smallest absolute Gasteiger partial charge is 0.267 e. The molecule has 1 aromatic heterocycles. The van der Waals surface area contributed by atoms with Crippen molar-refractivity contribution in [3.8, 4) is 0 Å². The number of nitrogens with zero attached hydrogens (tertiary/aromatic N) is 2. The third kappa shape index (κ3) is 1.23. The van der Waals surface area contributed by atoms with Gasteiger partial charge in [0.2, 0.25) is 0 Å². The maximum Gasteiger partial charge on any atom is 0.273 e. The van der Waals surface area contributed by atoms with Gasteiger partial charge in [-0.15, -0.1) is 0 Å². The molecular weight excluding hydrogens is 176 g/mol. The predicted molar refractivity (Wildman–Crippen MR) is 55.2 cm³/mol. The average molecular weight is 186 g/mol. The van der Waals surface area contributed by atoms with Crippen LogP contribution in [0.15, 0.2) is 42.6 Å². The topological polar surface area (TPSA) is 34.9 Å². The van der Waals surface area contributed by atoms with Crippen LogP contribution in [-0.2, 0) is 0 Å². The van der Waals surface area contributed by atoms with Crippen LogP contribution < -0.4 is 0 Å². The molecule has 0 N–H and O–H groups in total. The molecule has 3 heteroatoms. The summed E-state index contributed by atoms with van der Waals surface area (Å²) in [6, 6.07) is 7.58. The summed E-state index contributed by atoms with van der Waals surface area (Å²) in [5.41, 5.74) is 1.30. The molecule has 0 saturated carbocycles. The first-order valence-corrected chi connectivity index (χ1v) is 4.33. The monoisotopic (exact) mass is 186 g/mol. The molecule has 0 bridgehead atoms. The molecule has 0 amide bonds. The highest BCUT2D eigenvalue weighted by Crippen LogP contribution is 2.13. The SMILES string of the molecule is C=C(C)C(=O)n1ncc2ccccc21. The van der Waals surface area contributed by atoms with E-state index < -0.39 is 0 Å². The summed E-state index contributed by atoms with van der Waals surface area (Å²) in [6.45, 7) is 5.29. The second-order valence-electron chi connectivity index (χ2n) is 3.20. The lowest BCUT2D eigenvalue weighted by atomic mass is 10.2. The van der Waals surface area contributed by atoms with Gasteiger partial charge in [0, 0.05) is 11.0 Å². The zero-order valence-corrected chi connectivity index (χ0v) is 7.90. The lowest BCUT2D eigenvalue weighted by molar-refractivity contribution is 0.0946. The van der Waals surface area contributed by atoms with Gasteiger partial charge in [-0.2, -0.15) is 9.78 Å². The third-order valence-corrected chi connectivity index (χ3v) is 2.03. The highest BCUT2D eigenvalue weighted by Gasteiger charge is 2.09. The first-order valence-electron chi connectivity index (χ1n) is 4.33. The van der Waals surface area contributed by atoms with E-state index in [2.05, 4.69) is 11.7 Å². The Labute approximate surface area is 81.7 Å². The van der Waals surface area contributed by atoms with Crippen LogP contribution in [0.1, 0.15) is 11.7 Å². The van der Waals surface area contributed by atoms with Crippen molar-refractivity contribution in [1.29, 1.82) is 0 Å². The van der Waals surface area contributed by atoms with Crippen molar-refractivity contribution >= 4 is 16.8 Å². The van der Waals surface area contributed by atoms with Crippen molar-refractivity contribution in [1.82, 2.24) is 9.78 Å². The molecule has 70 valence electrons. The number of rotatable bonds is 1. The van der Waals surface area contributed by atoms with E-state index in [1.54, 1.807) is 13.1 Å². The van der Waals surface area contributed by atoms with Gasteiger partial charge in [0.1, 0.15) is 0 Å². The molecule has 0 atom stereocenters. The summed E-state index contributed by atoms with van der Waals surface area (Å²) < 4.78 is 1.37. The van der Waals surface area contributed by atoms with E-state index in [1.165, 1.54) is 4.68 Å². The molecule has 0 aliphatic rings. The highest BCUT2D eigenvalue weighted by atomic mass is 16.2. The van der Waals surface area contributed by atoms with Crippen LogP contribution in [-0.4, -0.2) is 15.7 Å². The molecule has 14 heavy (non-hydrogen) atoms. The third-order valence-electron chi connectivity index (χ3n) is 2.03. The normalized spacial score (nSPS) is 10.4. The molecule has 0 saturated heterocycles. The van der Waals surface area contributed by atoms with Crippen LogP contribution in [0, 0.1) is 0 Å². The van der Waals surface area contributed by atoms with Gasteiger partial charge in [0.15, 0.2) is 0 Å². The van der Waals surface area contributed by atoms with Crippen LogP contribution in [0.3, 0.4) is 0 Å². The number of aromatic nitrogens is 2. The summed E-state index contributed by atoms with van der Waals surface area (Å²) in [7, 11) is 0. The molecule has 0 aliphatic heterocycles. The van der Waals surface area contributed by atoms with Crippen LogP contribution >= 0.6 is 0 Å². The van der Waals surface area contributed by atoms with Crippen molar-refractivity contribution in [2.75, 3.05) is 0 Å². The summed E-state index contributed by atoms with van der Waals surface area (Å²) >= 11 is 0. The van der Waals surface area contributed by atoms with Crippen LogP contribution in [0.25, 0.3) is 10.9 Å². The predicted octanol–water partition coefficient (Wildman–Crippen LogP) is 2.25. The van der Waals surface area contributed by atoms with E-state index in [0.29, 0.717) is 5.57 Å². The molecule has 0 unspecified atom stereocenters. The zero-order chi connectivity index (χ0) is 10.1. The molecular formula is C11H10N2O. The summed E-state index contributed by atoms with van der Waals surface area (Å²) in [6.07, 6.45) is 1.68. The molecule has 2 rings (SSSR count). The summed E-state index contributed by atoms with van der Waals surface area (Å²) in [5.74, 6) is -0.161. The Bertz CT molecular complexity index is 511. The van der Waals surface area contributed by atoms with Gasteiger partial charge < -0.3 is 0 Å². The van der Waals surface area contributed by atoms with E-state index in [-0.39, 0.29) is 5.91 Å². The van der Waals surface area contributed by atoms with Gasteiger partial charge in [-0.1, -0.05) is 24.8 Å². The Kier molecular flexibility index (Phi) is 1.93. The molecule has 1 heterocycles.